The highest BCUT2D eigenvalue weighted by Gasteiger charge is 2.15. The summed E-state index contributed by atoms with van der Waals surface area (Å²) in [5.74, 6) is 1.29. The maximum absolute atomic E-state index is 12.5. The largest absolute Gasteiger partial charge is 0.494 e. The summed E-state index contributed by atoms with van der Waals surface area (Å²) in [7, 11) is -3.76. The Hall–Kier alpha value is -3.13. The molecule has 0 bridgehead atoms. The average Bonchev–Trinajstić information content (AvgIpc) is 2.70. The molecule has 0 amide bonds. The monoisotopic (exact) mass is 398 g/mol. The fraction of sp³-hybridized carbons (Fsp3) is 0.200. The summed E-state index contributed by atoms with van der Waals surface area (Å²) in [5, 5.41) is 11.2. The second-order valence-electron chi connectivity index (χ2n) is 5.95. The van der Waals surface area contributed by atoms with Crippen LogP contribution in [-0.2, 0) is 16.4 Å². The number of ether oxygens (including phenoxy) is 1. The molecule has 0 aliphatic carbocycles. The summed E-state index contributed by atoms with van der Waals surface area (Å²) < 4.78 is 32.7. The van der Waals surface area contributed by atoms with Crippen LogP contribution in [0.4, 0.5) is 17.3 Å². The van der Waals surface area contributed by atoms with Crippen molar-refractivity contribution >= 4 is 27.3 Å². The molecule has 3 rings (SSSR count). The van der Waals surface area contributed by atoms with Gasteiger partial charge in [-0.05, 0) is 61.4 Å². The first-order valence-corrected chi connectivity index (χ1v) is 10.4. The summed E-state index contributed by atoms with van der Waals surface area (Å²) in [4.78, 5) is 0.122. The first kappa shape index (κ1) is 19.6. The minimum atomic E-state index is -3.76. The maximum atomic E-state index is 12.5. The highest BCUT2D eigenvalue weighted by molar-refractivity contribution is 7.92. The minimum absolute atomic E-state index is 0.122. The molecule has 146 valence electrons. The Balaban J connectivity index is 1.71. The number of benzene rings is 2. The average molecular weight is 398 g/mol. The molecule has 8 heteroatoms. The number of para-hydroxylation sites is 1. The normalized spacial score (nSPS) is 11.1. The lowest BCUT2D eigenvalue weighted by molar-refractivity contribution is 0.340. The van der Waals surface area contributed by atoms with Gasteiger partial charge in [0.1, 0.15) is 5.75 Å². The van der Waals surface area contributed by atoms with Crippen LogP contribution < -0.4 is 14.8 Å². The molecule has 0 fully saturated rings. The zero-order chi connectivity index (χ0) is 20.0. The molecule has 2 N–H and O–H groups in total. The molecule has 0 aliphatic rings. The number of aryl methyl sites for hydroxylation is 1. The van der Waals surface area contributed by atoms with Crippen molar-refractivity contribution in [2.24, 2.45) is 0 Å². The number of anilines is 3. The Bertz CT molecular complexity index is 1020. The Morgan fingerprint density at radius 1 is 0.893 bits per heavy atom. The molecule has 0 saturated carbocycles. The molecule has 7 nitrogen and oxygen atoms in total. The van der Waals surface area contributed by atoms with Gasteiger partial charge < -0.3 is 10.1 Å². The lowest BCUT2D eigenvalue weighted by Gasteiger charge is -2.11. The zero-order valence-electron chi connectivity index (χ0n) is 15.7. The van der Waals surface area contributed by atoms with Gasteiger partial charge in [0.15, 0.2) is 11.6 Å². The van der Waals surface area contributed by atoms with Crippen LogP contribution in [0.15, 0.2) is 65.6 Å². The summed E-state index contributed by atoms with van der Waals surface area (Å²) in [6, 6.07) is 17.4. The molecular weight excluding hydrogens is 376 g/mol. The number of nitrogens with one attached hydrogen (secondary N) is 2. The summed E-state index contributed by atoms with van der Waals surface area (Å²) in [6.45, 7) is 4.46. The van der Waals surface area contributed by atoms with Crippen molar-refractivity contribution in [2.75, 3.05) is 16.6 Å². The minimum Gasteiger partial charge on any atom is -0.494 e. The van der Waals surface area contributed by atoms with Crippen LogP contribution in [0.25, 0.3) is 0 Å². The standard InChI is InChI=1S/C20H22N4O3S/c1-3-15-7-5-6-8-18(15)21-19-13-14-20(23-22-19)24-28(25,26)17-11-9-16(10-12-17)27-4-2/h5-14H,3-4H2,1-2H3,(H,21,22)(H,23,24). The fourth-order valence-corrected chi connectivity index (χ4v) is 3.62. The molecule has 0 spiro atoms. The van der Waals surface area contributed by atoms with E-state index in [2.05, 4.69) is 27.2 Å². The van der Waals surface area contributed by atoms with Gasteiger partial charge in [0.25, 0.3) is 10.0 Å². The number of hydrogen-bond donors (Lipinski definition) is 2. The maximum Gasteiger partial charge on any atom is 0.263 e. The topological polar surface area (TPSA) is 93.2 Å². The molecule has 0 saturated heterocycles. The van der Waals surface area contributed by atoms with Crippen LogP contribution in [0.2, 0.25) is 0 Å². The van der Waals surface area contributed by atoms with E-state index < -0.39 is 10.0 Å². The Labute approximate surface area is 164 Å². The molecule has 1 aromatic heterocycles. The molecule has 2 aromatic carbocycles. The van der Waals surface area contributed by atoms with Crippen molar-refractivity contribution < 1.29 is 13.2 Å². The lowest BCUT2D eigenvalue weighted by Crippen LogP contribution is -2.14. The Morgan fingerprint density at radius 2 is 1.57 bits per heavy atom. The second-order valence-corrected chi connectivity index (χ2v) is 7.63. The Kier molecular flexibility index (Phi) is 6.10. The highest BCUT2D eigenvalue weighted by Crippen LogP contribution is 2.21. The van der Waals surface area contributed by atoms with Crippen LogP contribution >= 0.6 is 0 Å². The third-order valence-electron chi connectivity index (χ3n) is 4.01. The fourth-order valence-electron chi connectivity index (χ4n) is 2.62. The lowest BCUT2D eigenvalue weighted by atomic mass is 10.1. The van der Waals surface area contributed by atoms with E-state index in [1.54, 1.807) is 24.3 Å². The number of aromatic nitrogens is 2. The second kappa shape index (κ2) is 8.71. The van der Waals surface area contributed by atoms with Crippen molar-refractivity contribution in [2.45, 2.75) is 25.2 Å². The van der Waals surface area contributed by atoms with Crippen molar-refractivity contribution in [3.8, 4) is 5.75 Å². The number of rotatable bonds is 8. The SMILES string of the molecule is CCOc1ccc(S(=O)(=O)Nc2ccc(Nc3ccccc3CC)nn2)cc1. The third-order valence-corrected chi connectivity index (χ3v) is 5.38. The summed E-state index contributed by atoms with van der Waals surface area (Å²) >= 11 is 0. The van der Waals surface area contributed by atoms with E-state index in [-0.39, 0.29) is 10.7 Å². The van der Waals surface area contributed by atoms with E-state index in [1.165, 1.54) is 12.1 Å². The van der Waals surface area contributed by atoms with Gasteiger partial charge in [0.05, 0.1) is 11.5 Å². The van der Waals surface area contributed by atoms with Crippen LogP contribution in [0.1, 0.15) is 19.4 Å². The van der Waals surface area contributed by atoms with E-state index in [9.17, 15) is 8.42 Å². The first-order valence-electron chi connectivity index (χ1n) is 8.96. The quantitative estimate of drug-likeness (QED) is 0.596. The van der Waals surface area contributed by atoms with Gasteiger partial charge in [-0.15, -0.1) is 10.2 Å². The molecule has 0 aliphatic heterocycles. The van der Waals surface area contributed by atoms with Gasteiger partial charge in [-0.1, -0.05) is 25.1 Å². The van der Waals surface area contributed by atoms with E-state index in [4.69, 9.17) is 4.74 Å². The molecular formula is C20H22N4O3S. The molecule has 1 heterocycles. The van der Waals surface area contributed by atoms with Gasteiger partial charge in [0.2, 0.25) is 0 Å². The summed E-state index contributed by atoms with van der Waals surface area (Å²) in [6.07, 6.45) is 0.885. The predicted molar refractivity (Wildman–Crippen MR) is 110 cm³/mol. The van der Waals surface area contributed by atoms with Crippen molar-refractivity contribution in [3.05, 3.63) is 66.2 Å². The van der Waals surface area contributed by atoms with Gasteiger partial charge in [-0.3, -0.25) is 4.72 Å². The molecule has 3 aromatic rings. The highest BCUT2D eigenvalue weighted by atomic mass is 32.2. The predicted octanol–water partition coefficient (Wildman–Crippen LogP) is 3.98. The molecule has 0 unspecified atom stereocenters. The van der Waals surface area contributed by atoms with Gasteiger partial charge in [-0.2, -0.15) is 0 Å². The molecule has 0 atom stereocenters. The van der Waals surface area contributed by atoms with Gasteiger partial charge in [0, 0.05) is 5.69 Å². The number of hydrogen-bond acceptors (Lipinski definition) is 6. The van der Waals surface area contributed by atoms with E-state index >= 15 is 0 Å². The van der Waals surface area contributed by atoms with Crippen molar-refractivity contribution in [3.63, 3.8) is 0 Å². The molecule has 28 heavy (non-hydrogen) atoms. The number of sulfonamides is 1. The van der Waals surface area contributed by atoms with E-state index in [1.807, 2.05) is 31.2 Å². The van der Waals surface area contributed by atoms with Crippen LogP contribution in [0, 0.1) is 0 Å². The van der Waals surface area contributed by atoms with Crippen LogP contribution in [0.3, 0.4) is 0 Å². The van der Waals surface area contributed by atoms with Crippen LogP contribution in [0.5, 0.6) is 5.75 Å². The zero-order valence-corrected chi connectivity index (χ0v) is 16.5. The summed E-state index contributed by atoms with van der Waals surface area (Å²) in [5.41, 5.74) is 2.10. The van der Waals surface area contributed by atoms with Gasteiger partial charge in [-0.25, -0.2) is 8.42 Å². The smallest absolute Gasteiger partial charge is 0.263 e. The Morgan fingerprint density at radius 3 is 2.21 bits per heavy atom. The van der Waals surface area contributed by atoms with Crippen molar-refractivity contribution in [1.29, 1.82) is 0 Å². The number of nitrogens with zero attached hydrogens (tertiary/aromatic N) is 2. The van der Waals surface area contributed by atoms with Crippen molar-refractivity contribution in [1.82, 2.24) is 10.2 Å². The third kappa shape index (κ3) is 4.77. The van der Waals surface area contributed by atoms with Crippen LogP contribution in [-0.4, -0.2) is 25.2 Å². The van der Waals surface area contributed by atoms with Gasteiger partial charge >= 0.3 is 0 Å². The van der Waals surface area contributed by atoms with E-state index in [0.717, 1.165) is 17.7 Å². The van der Waals surface area contributed by atoms with E-state index in [0.29, 0.717) is 18.2 Å². The molecule has 0 radical (unpaired) electrons. The first-order chi connectivity index (χ1) is 13.5.